The summed E-state index contributed by atoms with van der Waals surface area (Å²) in [5, 5.41) is 0. The van der Waals surface area contributed by atoms with Crippen LogP contribution in [0.25, 0.3) is 0 Å². The van der Waals surface area contributed by atoms with Crippen molar-refractivity contribution in [2.75, 3.05) is 9.80 Å². The second-order valence-electron chi connectivity index (χ2n) is 10.1. The van der Waals surface area contributed by atoms with Crippen LogP contribution in [0.15, 0.2) is 91.1 Å². The van der Waals surface area contributed by atoms with E-state index in [-0.39, 0.29) is 30.9 Å². The number of fused-ring (bicyclic) bond motifs is 1. The topological polar surface area (TPSA) is 32.3 Å². The van der Waals surface area contributed by atoms with Crippen LogP contribution in [0, 0.1) is 12.7 Å². The van der Waals surface area contributed by atoms with Crippen molar-refractivity contribution in [3.05, 3.63) is 115 Å². The number of rotatable bonds is 4. The Bertz CT molecular complexity index is 1310. The van der Waals surface area contributed by atoms with Crippen molar-refractivity contribution in [2.24, 2.45) is 0 Å². The molecule has 5 heteroatoms. The molecule has 0 amide bonds. The Kier molecular flexibility index (Phi) is 6.72. The van der Waals surface area contributed by atoms with Crippen molar-refractivity contribution in [1.29, 1.82) is 0 Å². The summed E-state index contributed by atoms with van der Waals surface area (Å²) in [6, 6.07) is 32.7. The maximum Gasteiger partial charge on any atom is 0.145 e. The molecule has 6 rings (SSSR count). The zero-order valence-corrected chi connectivity index (χ0v) is 23.1. The molecule has 185 valence electrons. The molecule has 2 aliphatic rings. The fourth-order valence-electron chi connectivity index (χ4n) is 5.87. The Morgan fingerprint density at radius 2 is 1.44 bits per heavy atom. The van der Waals surface area contributed by atoms with E-state index in [2.05, 4.69) is 97.0 Å². The van der Waals surface area contributed by atoms with Gasteiger partial charge in [0.05, 0.1) is 11.9 Å². The fraction of sp³-hybridized carbons (Fsp3) is 0.258. The Hall–Kier alpha value is -3.01. The van der Waals surface area contributed by atoms with Crippen LogP contribution < -0.4 is 9.80 Å². The molecule has 2 atom stereocenters. The maximum absolute atomic E-state index is 5.37. The van der Waals surface area contributed by atoms with Gasteiger partial charge in [-0.05, 0) is 30.5 Å². The minimum Gasteiger partial charge on any atom is -0.477 e. The summed E-state index contributed by atoms with van der Waals surface area (Å²) < 4.78 is 0. The molecule has 1 aromatic heterocycles. The van der Waals surface area contributed by atoms with Crippen molar-refractivity contribution >= 4 is 23.0 Å². The van der Waals surface area contributed by atoms with E-state index in [1.54, 1.807) is 0 Å². The van der Waals surface area contributed by atoms with Gasteiger partial charge in [-0.1, -0.05) is 75.2 Å². The number of anilines is 4. The van der Waals surface area contributed by atoms with Crippen LogP contribution in [0.3, 0.4) is 0 Å². The van der Waals surface area contributed by atoms with Crippen molar-refractivity contribution in [2.45, 2.75) is 50.4 Å². The second-order valence-corrected chi connectivity index (χ2v) is 10.1. The van der Waals surface area contributed by atoms with Gasteiger partial charge in [0.2, 0.25) is 0 Å². The number of aromatic nitrogens is 2. The van der Waals surface area contributed by atoms with Gasteiger partial charge in [-0.15, -0.1) is 12.4 Å². The van der Waals surface area contributed by atoms with Gasteiger partial charge in [-0.3, -0.25) is 0 Å². The quantitative estimate of drug-likeness (QED) is 0.215. The Labute approximate surface area is 227 Å². The SMILES string of the molecule is CC1(c2ccccc2)CCCCC1(C)c1cnc2c(n1)N(c1[c-]cccc1)[CH-]N2c1ccccc1.[Ir]. The number of hydrogen-bond donors (Lipinski definition) is 0. The molecule has 0 bridgehead atoms. The predicted molar refractivity (Wildman–Crippen MR) is 142 cm³/mol. The van der Waals surface area contributed by atoms with E-state index in [9.17, 15) is 0 Å². The smallest absolute Gasteiger partial charge is 0.145 e. The van der Waals surface area contributed by atoms with Crippen LogP contribution in [-0.2, 0) is 30.9 Å². The van der Waals surface area contributed by atoms with Gasteiger partial charge in [-0.2, -0.15) is 30.3 Å². The minimum atomic E-state index is -0.124. The molecule has 0 spiro atoms. The molecule has 1 aliphatic heterocycles. The van der Waals surface area contributed by atoms with E-state index in [1.165, 1.54) is 18.4 Å². The zero-order valence-electron chi connectivity index (χ0n) is 20.7. The minimum absolute atomic E-state index is 0. The molecule has 0 saturated heterocycles. The largest absolute Gasteiger partial charge is 0.477 e. The number of nitrogens with zero attached hydrogens (tertiary/aromatic N) is 4. The standard InChI is InChI=1S/C31H30N4.Ir/c1-30(24-14-6-3-7-15-24)20-12-13-21-31(30,2)27-22-32-28-29(33-27)35(26-18-10-5-11-19-26)23-34(28)25-16-8-4-9-17-25;/h3-11,14-18,22-23H,12-13,20-21H2,1-2H3;/q-2;. The second kappa shape index (κ2) is 9.80. The fourth-order valence-corrected chi connectivity index (χ4v) is 5.87. The normalized spacial score (nSPS) is 23.2. The van der Waals surface area contributed by atoms with Gasteiger partial charge < -0.3 is 9.80 Å². The molecule has 4 aromatic rings. The molecule has 1 aliphatic carbocycles. The number of hydrogen-bond acceptors (Lipinski definition) is 4. The van der Waals surface area contributed by atoms with Crippen LogP contribution in [-0.4, -0.2) is 9.97 Å². The van der Waals surface area contributed by atoms with Crippen molar-refractivity contribution in [1.82, 2.24) is 9.97 Å². The zero-order chi connectivity index (χ0) is 23.9. The first kappa shape index (κ1) is 24.7. The monoisotopic (exact) mass is 651 g/mol. The number of benzene rings is 3. The number of para-hydroxylation sites is 2. The molecule has 1 radical (unpaired) electrons. The van der Waals surface area contributed by atoms with Crippen LogP contribution in [0.5, 0.6) is 0 Å². The van der Waals surface area contributed by atoms with E-state index in [4.69, 9.17) is 9.97 Å². The van der Waals surface area contributed by atoms with Gasteiger partial charge in [0, 0.05) is 36.6 Å². The summed E-state index contributed by atoms with van der Waals surface area (Å²) in [4.78, 5) is 14.7. The van der Waals surface area contributed by atoms with Crippen molar-refractivity contribution < 1.29 is 20.1 Å². The van der Waals surface area contributed by atoms with Gasteiger partial charge in [0.1, 0.15) is 11.6 Å². The van der Waals surface area contributed by atoms with Crippen LogP contribution in [0.1, 0.15) is 50.8 Å². The summed E-state index contributed by atoms with van der Waals surface area (Å²) in [5.41, 5.74) is 4.33. The molecular formula is C31H30IrN4-2. The molecule has 2 unspecified atom stereocenters. The van der Waals surface area contributed by atoms with Crippen molar-refractivity contribution in [3.8, 4) is 0 Å². The third-order valence-electron chi connectivity index (χ3n) is 8.21. The summed E-state index contributed by atoms with van der Waals surface area (Å²) in [7, 11) is 0. The molecule has 36 heavy (non-hydrogen) atoms. The average molecular weight is 651 g/mol. The Balaban J connectivity index is 0.00000267. The predicted octanol–water partition coefficient (Wildman–Crippen LogP) is 7.47. The van der Waals surface area contributed by atoms with E-state index >= 15 is 0 Å². The van der Waals surface area contributed by atoms with E-state index < -0.39 is 0 Å². The summed E-state index contributed by atoms with van der Waals surface area (Å²) in [6.45, 7) is 6.89. The first-order valence-electron chi connectivity index (χ1n) is 12.5. The first-order valence-corrected chi connectivity index (χ1v) is 12.5. The van der Waals surface area contributed by atoms with Gasteiger partial charge >= 0.3 is 0 Å². The van der Waals surface area contributed by atoms with Crippen LogP contribution >= 0.6 is 0 Å². The molecule has 4 nitrogen and oxygen atoms in total. The Morgan fingerprint density at radius 1 is 0.778 bits per heavy atom. The van der Waals surface area contributed by atoms with Gasteiger partial charge in [0.25, 0.3) is 0 Å². The summed E-state index contributed by atoms with van der Waals surface area (Å²) in [6.07, 6.45) is 6.70. The van der Waals surface area contributed by atoms with Crippen LogP contribution in [0.4, 0.5) is 23.0 Å². The van der Waals surface area contributed by atoms with Gasteiger partial charge in [-0.25, -0.2) is 9.97 Å². The third-order valence-corrected chi connectivity index (χ3v) is 8.21. The summed E-state index contributed by atoms with van der Waals surface area (Å²) >= 11 is 0. The summed E-state index contributed by atoms with van der Waals surface area (Å²) in [5.74, 6) is 1.70. The average Bonchev–Trinajstić information content (AvgIpc) is 3.31. The van der Waals surface area contributed by atoms with E-state index in [0.29, 0.717) is 0 Å². The molecule has 1 fully saturated rings. The molecular weight excluding hydrogens is 621 g/mol. The molecule has 3 aromatic carbocycles. The maximum atomic E-state index is 5.37. The third kappa shape index (κ3) is 3.95. The molecule has 0 N–H and O–H groups in total. The van der Waals surface area contributed by atoms with Crippen molar-refractivity contribution in [3.63, 3.8) is 0 Å². The van der Waals surface area contributed by atoms with E-state index in [0.717, 1.165) is 41.5 Å². The Morgan fingerprint density at radius 3 is 2.14 bits per heavy atom. The van der Waals surface area contributed by atoms with Crippen LogP contribution in [0.2, 0.25) is 0 Å². The molecule has 1 saturated carbocycles. The van der Waals surface area contributed by atoms with E-state index in [1.807, 2.05) is 30.5 Å². The molecule has 2 heterocycles. The van der Waals surface area contributed by atoms with Gasteiger partial charge in [0.15, 0.2) is 0 Å². The first-order chi connectivity index (χ1) is 17.1.